The molecule has 0 saturated carbocycles. The molecule has 0 radical (unpaired) electrons. The minimum absolute atomic E-state index is 0.134. The maximum atomic E-state index is 4.39. The summed E-state index contributed by atoms with van der Waals surface area (Å²) in [7, 11) is 1.79. The molecule has 1 aromatic heterocycles. The molecule has 0 spiro atoms. The van der Waals surface area contributed by atoms with Gasteiger partial charge < -0.3 is 16.0 Å². The SMILES string of the molecule is CN=C(NCCNC(C)(C)C)NCc1ccnc2ccccc12. The number of pyridine rings is 1. The van der Waals surface area contributed by atoms with Crippen molar-refractivity contribution in [2.24, 2.45) is 4.99 Å². The number of para-hydroxylation sites is 1. The van der Waals surface area contributed by atoms with Gasteiger partial charge in [-0.25, -0.2) is 0 Å². The van der Waals surface area contributed by atoms with Crippen LogP contribution in [0.2, 0.25) is 0 Å². The number of nitrogens with zero attached hydrogens (tertiary/aromatic N) is 2. The molecule has 0 saturated heterocycles. The van der Waals surface area contributed by atoms with E-state index in [9.17, 15) is 0 Å². The summed E-state index contributed by atoms with van der Waals surface area (Å²) in [5, 5.41) is 11.3. The zero-order valence-electron chi connectivity index (χ0n) is 14.5. The van der Waals surface area contributed by atoms with Gasteiger partial charge in [0.25, 0.3) is 0 Å². The molecule has 0 aliphatic carbocycles. The maximum absolute atomic E-state index is 4.39. The minimum Gasteiger partial charge on any atom is -0.355 e. The van der Waals surface area contributed by atoms with Gasteiger partial charge >= 0.3 is 0 Å². The number of benzene rings is 1. The van der Waals surface area contributed by atoms with Crippen LogP contribution in [0.4, 0.5) is 0 Å². The van der Waals surface area contributed by atoms with Crippen molar-refractivity contribution in [3.05, 3.63) is 42.1 Å². The van der Waals surface area contributed by atoms with Gasteiger partial charge in [0.2, 0.25) is 0 Å². The number of rotatable bonds is 5. The Morgan fingerprint density at radius 2 is 1.87 bits per heavy atom. The Morgan fingerprint density at radius 3 is 2.61 bits per heavy atom. The predicted octanol–water partition coefficient (Wildman–Crippen LogP) is 2.29. The quantitative estimate of drug-likeness (QED) is 0.450. The predicted molar refractivity (Wildman–Crippen MR) is 97.7 cm³/mol. The second-order valence-electron chi connectivity index (χ2n) is 6.52. The first kappa shape index (κ1) is 17.2. The summed E-state index contributed by atoms with van der Waals surface area (Å²) in [6.45, 7) is 8.92. The zero-order chi connectivity index (χ0) is 16.7. The van der Waals surface area contributed by atoms with E-state index in [4.69, 9.17) is 0 Å². The van der Waals surface area contributed by atoms with Crippen molar-refractivity contribution in [2.75, 3.05) is 20.1 Å². The molecular formula is C18H27N5. The summed E-state index contributed by atoms with van der Waals surface area (Å²) in [6, 6.07) is 10.2. The zero-order valence-corrected chi connectivity index (χ0v) is 14.5. The molecule has 0 amide bonds. The van der Waals surface area contributed by atoms with Gasteiger partial charge in [-0.15, -0.1) is 0 Å². The lowest BCUT2D eigenvalue weighted by Gasteiger charge is -2.21. The molecular weight excluding hydrogens is 286 g/mol. The average Bonchev–Trinajstić information content (AvgIpc) is 2.53. The molecule has 3 N–H and O–H groups in total. The molecule has 1 heterocycles. The van der Waals surface area contributed by atoms with Crippen molar-refractivity contribution in [2.45, 2.75) is 32.9 Å². The molecule has 124 valence electrons. The van der Waals surface area contributed by atoms with Gasteiger partial charge in [0.1, 0.15) is 0 Å². The second-order valence-corrected chi connectivity index (χ2v) is 6.52. The van der Waals surface area contributed by atoms with Gasteiger partial charge in [-0.05, 0) is 38.5 Å². The van der Waals surface area contributed by atoms with Gasteiger partial charge in [0, 0.05) is 43.8 Å². The van der Waals surface area contributed by atoms with Crippen molar-refractivity contribution in [1.29, 1.82) is 0 Å². The monoisotopic (exact) mass is 313 g/mol. The minimum atomic E-state index is 0.134. The van der Waals surface area contributed by atoms with Crippen LogP contribution in [-0.4, -0.2) is 36.6 Å². The van der Waals surface area contributed by atoms with Gasteiger partial charge in [-0.1, -0.05) is 18.2 Å². The number of aromatic nitrogens is 1. The summed E-state index contributed by atoms with van der Waals surface area (Å²) in [6.07, 6.45) is 1.85. The molecule has 0 fully saturated rings. The van der Waals surface area contributed by atoms with Crippen LogP contribution in [0.5, 0.6) is 0 Å². The Bertz CT molecular complexity index is 653. The van der Waals surface area contributed by atoms with E-state index >= 15 is 0 Å². The van der Waals surface area contributed by atoms with Gasteiger partial charge in [-0.2, -0.15) is 0 Å². The summed E-state index contributed by atoms with van der Waals surface area (Å²) in [5.41, 5.74) is 2.37. The van der Waals surface area contributed by atoms with E-state index in [1.807, 2.05) is 30.5 Å². The third-order valence-electron chi connectivity index (χ3n) is 3.48. The van der Waals surface area contributed by atoms with E-state index in [0.29, 0.717) is 0 Å². The van der Waals surface area contributed by atoms with Crippen LogP contribution in [-0.2, 0) is 6.54 Å². The van der Waals surface area contributed by atoms with Crippen LogP contribution in [0, 0.1) is 0 Å². The molecule has 0 aliphatic rings. The molecule has 0 atom stereocenters. The van der Waals surface area contributed by atoms with E-state index in [-0.39, 0.29) is 5.54 Å². The Labute approximate surface area is 138 Å². The smallest absolute Gasteiger partial charge is 0.191 e. The van der Waals surface area contributed by atoms with Crippen LogP contribution in [0.1, 0.15) is 26.3 Å². The Morgan fingerprint density at radius 1 is 1.09 bits per heavy atom. The number of fused-ring (bicyclic) bond motifs is 1. The topological polar surface area (TPSA) is 61.3 Å². The first-order valence-electron chi connectivity index (χ1n) is 8.02. The van der Waals surface area contributed by atoms with E-state index < -0.39 is 0 Å². The number of hydrogen-bond acceptors (Lipinski definition) is 3. The molecule has 2 aromatic rings. The molecule has 5 heteroatoms. The molecule has 23 heavy (non-hydrogen) atoms. The normalized spacial score (nSPS) is 12.4. The number of aliphatic imine (C=N–C) groups is 1. The summed E-state index contributed by atoms with van der Waals surface area (Å²) >= 11 is 0. The van der Waals surface area contributed by atoms with Crippen LogP contribution in [0.25, 0.3) is 10.9 Å². The summed E-state index contributed by atoms with van der Waals surface area (Å²) < 4.78 is 0. The van der Waals surface area contributed by atoms with Gasteiger partial charge in [-0.3, -0.25) is 9.98 Å². The molecule has 0 bridgehead atoms. The summed E-state index contributed by atoms with van der Waals surface area (Å²) in [4.78, 5) is 8.66. The lowest BCUT2D eigenvalue weighted by atomic mass is 10.1. The van der Waals surface area contributed by atoms with E-state index in [1.54, 1.807) is 7.05 Å². The molecule has 0 unspecified atom stereocenters. The van der Waals surface area contributed by atoms with E-state index in [1.165, 1.54) is 10.9 Å². The fourth-order valence-corrected chi connectivity index (χ4v) is 2.33. The van der Waals surface area contributed by atoms with Gasteiger partial charge in [0.05, 0.1) is 5.52 Å². The van der Waals surface area contributed by atoms with Crippen LogP contribution in [0.3, 0.4) is 0 Å². The van der Waals surface area contributed by atoms with Gasteiger partial charge in [0.15, 0.2) is 5.96 Å². The fraction of sp³-hybridized carbons (Fsp3) is 0.444. The van der Waals surface area contributed by atoms with Crippen molar-refractivity contribution in [1.82, 2.24) is 20.9 Å². The highest BCUT2D eigenvalue weighted by Crippen LogP contribution is 2.15. The molecule has 2 rings (SSSR count). The molecule has 1 aromatic carbocycles. The van der Waals surface area contributed by atoms with Crippen molar-refractivity contribution in [3.63, 3.8) is 0 Å². The standard InChI is InChI=1S/C18H27N5/c1-18(2,3)23-12-11-21-17(19-4)22-13-14-9-10-20-16-8-6-5-7-15(14)16/h5-10,23H,11-13H2,1-4H3,(H2,19,21,22). The highest BCUT2D eigenvalue weighted by molar-refractivity contribution is 5.83. The lowest BCUT2D eigenvalue weighted by molar-refractivity contribution is 0.428. The highest BCUT2D eigenvalue weighted by atomic mass is 15.2. The maximum Gasteiger partial charge on any atom is 0.191 e. The Balaban J connectivity index is 1.88. The third-order valence-corrected chi connectivity index (χ3v) is 3.48. The van der Waals surface area contributed by atoms with E-state index in [2.05, 4.69) is 52.8 Å². The number of nitrogens with one attached hydrogen (secondary N) is 3. The van der Waals surface area contributed by atoms with Crippen molar-refractivity contribution in [3.8, 4) is 0 Å². The Kier molecular flexibility index (Phi) is 5.93. The Hall–Kier alpha value is -2.14. The van der Waals surface area contributed by atoms with Crippen molar-refractivity contribution >= 4 is 16.9 Å². The first-order chi connectivity index (χ1) is 11.0. The fourth-order valence-electron chi connectivity index (χ4n) is 2.33. The highest BCUT2D eigenvalue weighted by Gasteiger charge is 2.07. The van der Waals surface area contributed by atoms with Crippen molar-refractivity contribution < 1.29 is 0 Å². The molecule has 5 nitrogen and oxygen atoms in total. The van der Waals surface area contributed by atoms with Crippen LogP contribution in [0.15, 0.2) is 41.5 Å². The van der Waals surface area contributed by atoms with Crippen LogP contribution < -0.4 is 16.0 Å². The second kappa shape index (κ2) is 7.92. The molecule has 0 aliphatic heterocycles. The summed E-state index contributed by atoms with van der Waals surface area (Å²) in [5.74, 6) is 0.807. The largest absolute Gasteiger partial charge is 0.355 e. The number of hydrogen-bond donors (Lipinski definition) is 3. The van der Waals surface area contributed by atoms with E-state index in [0.717, 1.165) is 31.1 Å². The lowest BCUT2D eigenvalue weighted by Crippen LogP contribution is -2.44. The third kappa shape index (κ3) is 5.53. The van der Waals surface area contributed by atoms with Crippen LogP contribution >= 0.6 is 0 Å². The average molecular weight is 313 g/mol. The number of guanidine groups is 1. The first-order valence-corrected chi connectivity index (χ1v) is 8.02.